The highest BCUT2D eigenvalue weighted by atomic mass is 28.4. The van der Waals surface area contributed by atoms with Crippen LogP contribution in [0.2, 0.25) is 36.3 Å². The summed E-state index contributed by atoms with van der Waals surface area (Å²) in [4.78, 5) is 24.2. The fraction of sp³-hybridized carbons (Fsp3) is 0.800. The van der Waals surface area contributed by atoms with E-state index in [0.717, 1.165) is 0 Å². The average Bonchev–Trinajstić information content (AvgIpc) is 3.45. The lowest BCUT2D eigenvalue weighted by Gasteiger charge is -2.41. The number of carbonyl (C=O) groups excluding carboxylic acids is 2. The normalized spacial score (nSPS) is 37.5. The van der Waals surface area contributed by atoms with Crippen molar-refractivity contribution >= 4 is 28.2 Å². The molecule has 0 amide bonds. The summed E-state index contributed by atoms with van der Waals surface area (Å²) in [5.41, 5.74) is -2.22. The summed E-state index contributed by atoms with van der Waals surface area (Å²) in [5, 5.41) is 21.2. The average molecular weight is 597 g/mol. The Kier molecular flexibility index (Phi) is 9.16. The summed E-state index contributed by atoms with van der Waals surface area (Å²) < 4.78 is 24.3. The van der Waals surface area contributed by atoms with Crippen LogP contribution >= 0.6 is 0 Å². The van der Waals surface area contributed by atoms with Gasteiger partial charge in [0.2, 0.25) is 0 Å². The zero-order chi connectivity index (χ0) is 30.7. The van der Waals surface area contributed by atoms with Gasteiger partial charge < -0.3 is 28.5 Å². The highest BCUT2D eigenvalue weighted by molar-refractivity contribution is 6.74. The molecule has 0 aromatic rings. The lowest BCUT2D eigenvalue weighted by atomic mass is 9.81. The number of hydrogen-bond donors (Lipinski definition) is 2. The van der Waals surface area contributed by atoms with Crippen molar-refractivity contribution in [1.82, 2.24) is 0 Å². The highest BCUT2D eigenvalue weighted by Crippen LogP contribution is 2.49. The van der Waals surface area contributed by atoms with E-state index in [9.17, 15) is 19.8 Å². The molecule has 8 nitrogen and oxygen atoms in total. The first-order chi connectivity index (χ1) is 18.1. The van der Waals surface area contributed by atoms with Crippen molar-refractivity contribution in [3.8, 4) is 0 Å². The van der Waals surface area contributed by atoms with E-state index in [1.807, 2.05) is 0 Å². The van der Waals surface area contributed by atoms with Crippen LogP contribution in [-0.2, 0) is 27.9 Å². The van der Waals surface area contributed by atoms with Gasteiger partial charge in [-0.1, -0.05) is 53.7 Å². The van der Waals surface area contributed by atoms with Gasteiger partial charge in [0.05, 0.1) is 12.2 Å². The van der Waals surface area contributed by atoms with Crippen molar-refractivity contribution in [3.63, 3.8) is 0 Å². The maximum absolute atomic E-state index is 12.1. The summed E-state index contributed by atoms with van der Waals surface area (Å²) in [5.74, 6) is -0.0463. The van der Waals surface area contributed by atoms with Crippen LogP contribution < -0.4 is 0 Å². The van der Waals surface area contributed by atoms with E-state index in [-0.39, 0.29) is 33.9 Å². The monoisotopic (exact) mass is 596 g/mol. The molecule has 8 atom stereocenters. The van der Waals surface area contributed by atoms with Crippen LogP contribution in [0, 0.1) is 0 Å². The molecule has 0 spiro atoms. The van der Waals surface area contributed by atoms with Crippen molar-refractivity contribution in [2.45, 2.75) is 151 Å². The van der Waals surface area contributed by atoms with E-state index >= 15 is 0 Å². The first-order valence-corrected chi connectivity index (χ1v) is 20.3. The minimum absolute atomic E-state index is 0.0232. The van der Waals surface area contributed by atoms with Gasteiger partial charge >= 0.3 is 0 Å². The molecule has 4 bridgehead atoms. The smallest absolute Gasteiger partial charge is 0.192 e. The molecule has 0 aliphatic carbocycles. The number of carbonyl (C=O) groups is 2. The van der Waals surface area contributed by atoms with Crippen molar-refractivity contribution in [1.29, 1.82) is 0 Å². The number of aliphatic hydroxyl groups excluding tert-OH is 2. The summed E-state index contributed by atoms with van der Waals surface area (Å²) >= 11 is 0. The molecule has 0 saturated carbocycles. The van der Waals surface area contributed by atoms with E-state index in [4.69, 9.17) is 18.3 Å². The van der Waals surface area contributed by atoms with E-state index in [1.54, 1.807) is 12.2 Å². The van der Waals surface area contributed by atoms with Crippen LogP contribution in [-0.4, -0.2) is 86.2 Å². The molecule has 4 rings (SSSR count). The summed E-state index contributed by atoms with van der Waals surface area (Å²) in [6.07, 6.45) is 1.45. The van der Waals surface area contributed by atoms with Crippen LogP contribution in [0.3, 0.4) is 0 Å². The first-order valence-electron chi connectivity index (χ1n) is 14.5. The number of rotatable bonds is 8. The number of Topliss-reactive ketones (excluding diaryl/α,β-unsaturated/α-hetero) is 2. The molecule has 0 radical (unpaired) electrons. The van der Waals surface area contributed by atoms with Gasteiger partial charge in [0, 0.05) is 25.7 Å². The molecule has 10 heteroatoms. The van der Waals surface area contributed by atoms with Gasteiger partial charge in [0.1, 0.15) is 24.4 Å². The Hall–Kier alpha value is -0.986. The maximum atomic E-state index is 12.1. The van der Waals surface area contributed by atoms with E-state index in [1.165, 1.54) is 0 Å². The van der Waals surface area contributed by atoms with Crippen LogP contribution in [0.1, 0.15) is 67.2 Å². The van der Waals surface area contributed by atoms with E-state index < -0.39 is 52.3 Å². The largest absolute Gasteiger partial charge is 0.408 e. The summed E-state index contributed by atoms with van der Waals surface area (Å²) in [7, 11) is -4.01. The number of fused-ring (bicyclic) bond motifs is 4. The molecule has 0 aromatic carbocycles. The van der Waals surface area contributed by atoms with Gasteiger partial charge in [-0.2, -0.15) is 0 Å². The Morgan fingerprint density at radius 3 is 1.32 bits per heavy atom. The quantitative estimate of drug-likeness (QED) is 0.302. The second-order valence-electron chi connectivity index (χ2n) is 14.9. The minimum Gasteiger partial charge on any atom is -0.408 e. The number of ether oxygens (including phenoxy) is 2. The second-order valence-corrected chi connectivity index (χ2v) is 24.4. The Morgan fingerprint density at radius 1 is 0.775 bits per heavy atom. The Balaban J connectivity index is 0.000000220. The van der Waals surface area contributed by atoms with E-state index in [2.05, 4.69) is 80.9 Å². The summed E-state index contributed by atoms with van der Waals surface area (Å²) in [6, 6.07) is 0. The third-order valence-corrected chi connectivity index (χ3v) is 19.1. The van der Waals surface area contributed by atoms with Gasteiger partial charge in [-0.05, 0) is 36.3 Å². The SMILES string of the molecule is C=CC[C@]12O[C@H](CC1=O)[C@@H](O[Si](C)(C)C(C)(C)C)[C@@H]2O.C=CC[C@]12O[C@H](CC1=O)[C@@H](O[Si](C)(C)C(C)(C)C)[C@@H]2O. The third-order valence-electron chi connectivity index (χ3n) is 10.1. The van der Waals surface area contributed by atoms with Crippen molar-refractivity contribution in [2.24, 2.45) is 0 Å². The van der Waals surface area contributed by atoms with Crippen molar-refractivity contribution in [3.05, 3.63) is 25.3 Å². The molecule has 4 fully saturated rings. The predicted octanol–water partition coefficient (Wildman–Crippen LogP) is 4.85. The third kappa shape index (κ3) is 5.55. The van der Waals surface area contributed by atoms with Crippen molar-refractivity contribution < 1.29 is 38.1 Å². The topological polar surface area (TPSA) is 112 Å². The molecule has 2 N–H and O–H groups in total. The Bertz CT molecular complexity index is 932. The second kappa shape index (κ2) is 10.9. The molecule has 4 saturated heterocycles. The molecule has 0 unspecified atom stereocenters. The molecule has 4 aliphatic rings. The molecule has 0 aromatic heterocycles. The van der Waals surface area contributed by atoms with Crippen molar-refractivity contribution in [2.75, 3.05) is 0 Å². The molecule has 4 heterocycles. The lowest BCUT2D eigenvalue weighted by Crippen LogP contribution is -2.56. The summed E-state index contributed by atoms with van der Waals surface area (Å²) in [6.45, 7) is 28.9. The van der Waals surface area contributed by atoms with Gasteiger partial charge in [0.25, 0.3) is 0 Å². The molecular weight excluding hydrogens is 544 g/mol. The predicted molar refractivity (Wildman–Crippen MR) is 160 cm³/mol. The molecule has 40 heavy (non-hydrogen) atoms. The van der Waals surface area contributed by atoms with Gasteiger partial charge in [0.15, 0.2) is 39.4 Å². The Labute approximate surface area is 242 Å². The standard InChI is InChI=1S/2C15H26O4Si/c2*1-7-8-15-11(16)9-10(18-15)12(13(15)17)19-20(5,6)14(2,3)4/h2*7,10,12-13,17H,1,8-9H2,2-6H3/t2*10-,12-,13+,15+/m11/s1. The number of aliphatic hydroxyl groups is 2. The fourth-order valence-corrected chi connectivity index (χ4v) is 8.18. The fourth-order valence-electron chi connectivity index (χ4n) is 5.55. The van der Waals surface area contributed by atoms with Crippen LogP contribution in [0.15, 0.2) is 25.3 Å². The van der Waals surface area contributed by atoms with E-state index in [0.29, 0.717) is 25.7 Å². The van der Waals surface area contributed by atoms with Crippen LogP contribution in [0.25, 0.3) is 0 Å². The lowest BCUT2D eigenvalue weighted by molar-refractivity contribution is -0.140. The zero-order valence-electron chi connectivity index (χ0n) is 26.2. The Morgan fingerprint density at radius 2 is 1.07 bits per heavy atom. The molecule has 228 valence electrons. The maximum Gasteiger partial charge on any atom is 0.192 e. The first kappa shape index (κ1) is 33.5. The number of hydrogen-bond acceptors (Lipinski definition) is 8. The highest BCUT2D eigenvalue weighted by Gasteiger charge is 2.66. The minimum atomic E-state index is -2.00. The van der Waals surface area contributed by atoms with Crippen LogP contribution in [0.4, 0.5) is 0 Å². The van der Waals surface area contributed by atoms with Gasteiger partial charge in [-0.25, -0.2) is 0 Å². The van der Waals surface area contributed by atoms with Crippen LogP contribution in [0.5, 0.6) is 0 Å². The van der Waals surface area contributed by atoms with Gasteiger partial charge in [-0.15, -0.1) is 13.2 Å². The molecule has 4 aliphatic heterocycles. The molecular formula is C30H52O8Si2. The number of ketones is 2. The zero-order valence-corrected chi connectivity index (χ0v) is 28.2. The van der Waals surface area contributed by atoms with Gasteiger partial charge in [-0.3, -0.25) is 9.59 Å².